The maximum absolute atomic E-state index is 14.3. The van der Waals surface area contributed by atoms with Crippen LogP contribution in [0.5, 0.6) is 5.75 Å². The van der Waals surface area contributed by atoms with E-state index >= 15 is 0 Å². The Labute approximate surface area is 193 Å². The Bertz CT molecular complexity index is 1030. The summed E-state index contributed by atoms with van der Waals surface area (Å²) in [6, 6.07) is 1.76. The first-order valence-electron chi connectivity index (χ1n) is 9.40. The SMILES string of the molecule is C=C/C(=C\[C](=[Ni])C(N)=O)NC(=O)[C@H]1O[C@@](C)(C(F)(F)F)[C@H](C)[C@@H]1c1ccc(F)c(F)c1OC. The fourth-order valence-electron chi connectivity index (χ4n) is 3.60. The number of rotatable bonds is 7. The molecule has 0 unspecified atom stereocenters. The van der Waals surface area contributed by atoms with Gasteiger partial charge in [-0.1, -0.05) is 0 Å². The van der Waals surface area contributed by atoms with Gasteiger partial charge in [0.05, 0.1) is 0 Å². The Kier molecular flexibility index (Phi) is 7.86. The fourth-order valence-corrected chi connectivity index (χ4v) is 3.75. The van der Waals surface area contributed by atoms with E-state index < -0.39 is 58.9 Å². The topological polar surface area (TPSA) is 90.7 Å². The first-order chi connectivity index (χ1) is 15.2. The van der Waals surface area contributed by atoms with Crippen LogP contribution in [0.15, 0.2) is 36.6 Å². The molecule has 12 heteroatoms. The van der Waals surface area contributed by atoms with E-state index in [1.54, 1.807) is 0 Å². The van der Waals surface area contributed by atoms with Crippen molar-refractivity contribution in [1.82, 2.24) is 5.32 Å². The molecule has 0 bridgehead atoms. The molecule has 0 aliphatic carbocycles. The first kappa shape index (κ1) is 26.7. The number of primary amides is 1. The van der Waals surface area contributed by atoms with Crippen molar-refractivity contribution in [3.05, 3.63) is 53.8 Å². The van der Waals surface area contributed by atoms with Crippen LogP contribution in [0.25, 0.3) is 0 Å². The van der Waals surface area contributed by atoms with Crippen LogP contribution in [0.1, 0.15) is 25.3 Å². The third-order valence-electron chi connectivity index (χ3n) is 5.55. The predicted molar refractivity (Wildman–Crippen MR) is 105 cm³/mol. The average Bonchev–Trinajstić information content (AvgIpc) is 3.01. The monoisotopic (exact) mass is 518 g/mol. The molecule has 1 aliphatic rings. The molecular weight excluding hydrogens is 498 g/mol. The van der Waals surface area contributed by atoms with E-state index in [1.807, 2.05) is 0 Å². The molecule has 2 amide bonds. The van der Waals surface area contributed by atoms with Crippen LogP contribution in [-0.2, 0) is 29.4 Å². The Hall–Kier alpha value is -2.59. The third-order valence-corrected chi connectivity index (χ3v) is 5.94. The van der Waals surface area contributed by atoms with Crippen LogP contribution in [0.3, 0.4) is 0 Å². The molecule has 0 spiro atoms. The second kappa shape index (κ2) is 9.73. The van der Waals surface area contributed by atoms with Crippen LogP contribution in [-0.4, -0.2) is 41.3 Å². The van der Waals surface area contributed by atoms with Gasteiger partial charge in [-0.15, -0.1) is 0 Å². The molecule has 3 N–H and O–H groups in total. The summed E-state index contributed by atoms with van der Waals surface area (Å²) in [4.78, 5) is 24.2. The van der Waals surface area contributed by atoms with Gasteiger partial charge >= 0.3 is 194 Å². The van der Waals surface area contributed by atoms with Gasteiger partial charge in [0.15, 0.2) is 0 Å². The summed E-state index contributed by atoms with van der Waals surface area (Å²) in [7, 11) is 1.02. The van der Waals surface area contributed by atoms with Gasteiger partial charge in [-0.2, -0.15) is 0 Å². The Morgan fingerprint density at radius 1 is 1.33 bits per heavy atom. The van der Waals surface area contributed by atoms with Gasteiger partial charge in [0, 0.05) is 0 Å². The quantitative estimate of drug-likeness (QED) is 0.330. The zero-order valence-corrected chi connectivity index (χ0v) is 18.7. The number of amides is 2. The van der Waals surface area contributed by atoms with Gasteiger partial charge in [0.2, 0.25) is 0 Å². The number of carbonyl (C=O) groups is 2. The number of halogens is 5. The molecule has 184 valence electrons. The minimum absolute atomic E-state index is 0.118. The van der Waals surface area contributed by atoms with Gasteiger partial charge < -0.3 is 0 Å². The predicted octanol–water partition coefficient (Wildman–Crippen LogP) is 2.80. The summed E-state index contributed by atoms with van der Waals surface area (Å²) in [6.07, 6.45) is -4.60. The van der Waals surface area contributed by atoms with Crippen molar-refractivity contribution in [3.63, 3.8) is 0 Å². The second-order valence-electron chi connectivity index (χ2n) is 7.41. The molecule has 1 fully saturated rings. The molecule has 2 rings (SSSR count). The van der Waals surface area contributed by atoms with Crippen molar-refractivity contribution in [2.24, 2.45) is 11.7 Å². The number of nitrogens with two attached hydrogens (primary N) is 1. The van der Waals surface area contributed by atoms with Crippen LogP contribution >= 0.6 is 0 Å². The zero-order chi connectivity index (χ0) is 25.3. The van der Waals surface area contributed by atoms with E-state index in [2.05, 4.69) is 26.9 Å². The number of benzene rings is 1. The van der Waals surface area contributed by atoms with Gasteiger partial charge in [-0.3, -0.25) is 0 Å². The van der Waals surface area contributed by atoms with Gasteiger partial charge in [-0.05, 0) is 0 Å². The van der Waals surface area contributed by atoms with E-state index in [-0.39, 0.29) is 15.8 Å². The number of alkyl halides is 3. The van der Waals surface area contributed by atoms with E-state index in [1.165, 1.54) is 6.92 Å². The van der Waals surface area contributed by atoms with Crippen LogP contribution in [0.2, 0.25) is 0 Å². The van der Waals surface area contributed by atoms with E-state index in [4.69, 9.17) is 15.2 Å². The summed E-state index contributed by atoms with van der Waals surface area (Å²) in [6.45, 7) is 5.38. The summed E-state index contributed by atoms with van der Waals surface area (Å²) >= 11 is 4.41. The fraction of sp³-hybridized carbons (Fsp3) is 0.381. The zero-order valence-electron chi connectivity index (χ0n) is 17.7. The number of hydrogen-bond donors (Lipinski definition) is 2. The molecule has 6 nitrogen and oxygen atoms in total. The van der Waals surface area contributed by atoms with Crippen molar-refractivity contribution in [2.45, 2.75) is 37.6 Å². The number of hydrogen-bond acceptors (Lipinski definition) is 4. The molecule has 1 aromatic carbocycles. The molecule has 1 aliphatic heterocycles. The normalized spacial score (nSPS) is 25.5. The van der Waals surface area contributed by atoms with E-state index in [9.17, 15) is 31.5 Å². The molecule has 1 aromatic rings. The summed E-state index contributed by atoms with van der Waals surface area (Å²) in [5.74, 6) is -8.16. The van der Waals surface area contributed by atoms with Gasteiger partial charge in [-0.25, -0.2) is 0 Å². The standard InChI is InChI=1S/C21H21F5N2O4.Ni/c1-5-11(6-9-14(27)29)28-19(30)18-15(10(2)20(3,32-18)21(24,25)26)12-7-8-13(22)16(23)17(12)31-4;/h5-8,10,15,18H,1H2,2-4H3,(H2,27,29)(H,28,30);/b11-6+;/t10-,15-,18+,20-;/m1./s1. The number of methoxy groups -OCH3 is 1. The average molecular weight is 519 g/mol. The Balaban J connectivity index is 2.60. The second-order valence-corrected chi connectivity index (χ2v) is 7.95. The van der Waals surface area contributed by atoms with Crippen molar-refractivity contribution < 1.29 is 56.0 Å². The van der Waals surface area contributed by atoms with Crippen LogP contribution in [0, 0.1) is 17.6 Å². The molecule has 1 saturated heterocycles. The molecule has 1 heterocycles. The maximum atomic E-state index is 14.3. The van der Waals surface area contributed by atoms with Gasteiger partial charge in [0.25, 0.3) is 0 Å². The molecule has 33 heavy (non-hydrogen) atoms. The number of allylic oxidation sites excluding steroid dienone is 1. The first-order valence-corrected chi connectivity index (χ1v) is 9.89. The summed E-state index contributed by atoms with van der Waals surface area (Å²) < 4.78 is 79.6. The summed E-state index contributed by atoms with van der Waals surface area (Å²) in [5, 5.41) is 2.28. The van der Waals surface area contributed by atoms with Crippen molar-refractivity contribution in [1.29, 1.82) is 0 Å². The molecule has 0 saturated carbocycles. The van der Waals surface area contributed by atoms with E-state index in [0.29, 0.717) is 0 Å². The van der Waals surface area contributed by atoms with Crippen LogP contribution < -0.4 is 15.8 Å². The van der Waals surface area contributed by atoms with Gasteiger partial charge in [0.1, 0.15) is 0 Å². The Morgan fingerprint density at radius 2 is 1.94 bits per heavy atom. The van der Waals surface area contributed by atoms with E-state index in [0.717, 1.165) is 38.3 Å². The van der Waals surface area contributed by atoms with Crippen molar-refractivity contribution in [3.8, 4) is 5.75 Å². The summed E-state index contributed by atoms with van der Waals surface area (Å²) in [5.41, 5.74) is 1.95. The molecular formula is C21H21F5N2NiO4. The van der Waals surface area contributed by atoms with Crippen LogP contribution in [0.4, 0.5) is 22.0 Å². The third kappa shape index (κ3) is 5.01. The van der Waals surface area contributed by atoms with Crippen molar-refractivity contribution in [2.75, 3.05) is 7.11 Å². The molecule has 4 atom stereocenters. The number of carbonyl (C=O) groups excluding carboxylic acids is 2. The Morgan fingerprint density at radius 3 is 2.42 bits per heavy atom. The number of nitrogens with one attached hydrogen (secondary N) is 1. The molecule has 0 radical (unpaired) electrons. The van der Waals surface area contributed by atoms with Crippen molar-refractivity contribution >= 4 is 16.3 Å². The number of ether oxygens (including phenoxy) is 2. The molecule has 0 aromatic heterocycles. The minimum atomic E-state index is -4.90.